The van der Waals surface area contributed by atoms with Crippen molar-refractivity contribution in [1.29, 1.82) is 0 Å². The van der Waals surface area contributed by atoms with Crippen LogP contribution in [0.25, 0.3) is 21.8 Å². The van der Waals surface area contributed by atoms with Crippen LogP contribution in [0.5, 0.6) is 0 Å². The SMILES string of the molecule is CN(C)CCn1c(=O)n(S(=O)(=O)c2cccc3ccccc23)c2ccccc21. The predicted octanol–water partition coefficient (Wildman–Crippen LogP) is 2.75. The van der Waals surface area contributed by atoms with Crippen molar-refractivity contribution in [1.82, 2.24) is 13.4 Å². The summed E-state index contributed by atoms with van der Waals surface area (Å²) in [4.78, 5) is 15.3. The van der Waals surface area contributed by atoms with Crippen LogP contribution in [0.15, 0.2) is 76.4 Å². The van der Waals surface area contributed by atoms with Crippen molar-refractivity contribution in [2.75, 3.05) is 20.6 Å². The highest BCUT2D eigenvalue weighted by molar-refractivity contribution is 7.90. The Hall–Kier alpha value is -2.90. The monoisotopic (exact) mass is 395 g/mol. The van der Waals surface area contributed by atoms with Crippen molar-refractivity contribution >= 4 is 31.8 Å². The van der Waals surface area contributed by atoms with Gasteiger partial charge in [-0.1, -0.05) is 48.5 Å². The molecule has 1 heterocycles. The van der Waals surface area contributed by atoms with Crippen molar-refractivity contribution in [3.8, 4) is 0 Å². The number of likely N-dealkylation sites (N-methyl/N-ethyl adjacent to an activating group) is 1. The molecule has 0 fully saturated rings. The van der Waals surface area contributed by atoms with E-state index in [0.717, 1.165) is 9.36 Å². The van der Waals surface area contributed by atoms with Gasteiger partial charge < -0.3 is 4.90 Å². The summed E-state index contributed by atoms with van der Waals surface area (Å²) < 4.78 is 29.6. The van der Waals surface area contributed by atoms with Crippen molar-refractivity contribution in [2.24, 2.45) is 0 Å². The van der Waals surface area contributed by atoms with Crippen LogP contribution in [0.4, 0.5) is 0 Å². The van der Waals surface area contributed by atoms with Crippen molar-refractivity contribution in [3.05, 3.63) is 77.2 Å². The summed E-state index contributed by atoms with van der Waals surface area (Å²) in [6, 6.07) is 19.4. The van der Waals surface area contributed by atoms with E-state index in [0.29, 0.717) is 29.5 Å². The predicted molar refractivity (Wildman–Crippen MR) is 111 cm³/mol. The number of hydrogen-bond acceptors (Lipinski definition) is 4. The van der Waals surface area contributed by atoms with E-state index in [1.165, 1.54) is 4.57 Å². The largest absolute Gasteiger partial charge is 0.343 e. The lowest BCUT2D eigenvalue weighted by molar-refractivity contribution is 0.383. The second-order valence-electron chi connectivity index (χ2n) is 6.97. The first-order chi connectivity index (χ1) is 13.4. The normalized spacial score (nSPS) is 12.2. The fourth-order valence-electron chi connectivity index (χ4n) is 3.45. The van der Waals surface area contributed by atoms with Crippen molar-refractivity contribution < 1.29 is 8.42 Å². The molecular formula is C21H21N3O3S. The van der Waals surface area contributed by atoms with E-state index in [4.69, 9.17) is 0 Å². The van der Waals surface area contributed by atoms with E-state index < -0.39 is 15.7 Å². The molecule has 0 spiro atoms. The number of para-hydroxylation sites is 2. The molecule has 0 bridgehead atoms. The van der Waals surface area contributed by atoms with E-state index in [1.807, 2.05) is 43.3 Å². The molecule has 0 N–H and O–H groups in total. The van der Waals surface area contributed by atoms with Crippen LogP contribution in [0, 0.1) is 0 Å². The van der Waals surface area contributed by atoms with Crippen LogP contribution < -0.4 is 5.69 Å². The van der Waals surface area contributed by atoms with Crippen LogP contribution in [0.3, 0.4) is 0 Å². The smallest absolute Gasteiger partial charge is 0.308 e. The Kier molecular flexibility index (Phi) is 4.56. The molecule has 7 heteroatoms. The number of imidazole rings is 1. The fraction of sp³-hybridized carbons (Fsp3) is 0.190. The van der Waals surface area contributed by atoms with Crippen LogP contribution >= 0.6 is 0 Å². The molecule has 28 heavy (non-hydrogen) atoms. The summed E-state index contributed by atoms with van der Waals surface area (Å²) >= 11 is 0. The molecule has 0 aliphatic carbocycles. The Balaban J connectivity index is 2.01. The molecule has 6 nitrogen and oxygen atoms in total. The van der Waals surface area contributed by atoms with Gasteiger partial charge in [-0.2, -0.15) is 3.97 Å². The fourth-order valence-corrected chi connectivity index (χ4v) is 5.08. The Morgan fingerprint density at radius 1 is 0.857 bits per heavy atom. The van der Waals surface area contributed by atoms with Gasteiger partial charge in [0, 0.05) is 18.5 Å². The number of nitrogens with zero attached hydrogens (tertiary/aromatic N) is 3. The maximum Gasteiger partial charge on any atom is 0.343 e. The third-order valence-corrected chi connectivity index (χ3v) is 6.58. The number of hydrogen-bond donors (Lipinski definition) is 0. The lowest BCUT2D eigenvalue weighted by atomic mass is 10.1. The van der Waals surface area contributed by atoms with E-state index >= 15 is 0 Å². The molecule has 0 unspecified atom stereocenters. The molecule has 3 aromatic carbocycles. The summed E-state index contributed by atoms with van der Waals surface area (Å²) in [7, 11) is -0.243. The van der Waals surface area contributed by atoms with Gasteiger partial charge >= 0.3 is 5.69 Å². The topological polar surface area (TPSA) is 64.3 Å². The minimum absolute atomic E-state index is 0.128. The Morgan fingerprint density at radius 2 is 1.50 bits per heavy atom. The number of rotatable bonds is 5. The van der Waals surface area contributed by atoms with E-state index in [-0.39, 0.29) is 4.90 Å². The highest BCUT2D eigenvalue weighted by atomic mass is 32.2. The van der Waals surface area contributed by atoms with Gasteiger partial charge in [0.15, 0.2) is 0 Å². The van der Waals surface area contributed by atoms with Gasteiger partial charge in [-0.3, -0.25) is 4.57 Å². The van der Waals surface area contributed by atoms with Crippen molar-refractivity contribution in [2.45, 2.75) is 11.4 Å². The molecule has 4 rings (SSSR count). The third kappa shape index (κ3) is 2.93. The quantitative estimate of drug-likeness (QED) is 0.521. The van der Waals surface area contributed by atoms with E-state index in [9.17, 15) is 13.2 Å². The zero-order chi connectivity index (χ0) is 19.9. The van der Waals surface area contributed by atoms with Crippen LogP contribution in [-0.2, 0) is 16.6 Å². The average Bonchev–Trinajstić information content (AvgIpc) is 2.97. The minimum atomic E-state index is -4.07. The van der Waals surface area contributed by atoms with Gasteiger partial charge in [-0.15, -0.1) is 0 Å². The number of fused-ring (bicyclic) bond motifs is 2. The highest BCUT2D eigenvalue weighted by Gasteiger charge is 2.26. The zero-order valence-electron chi connectivity index (χ0n) is 15.7. The van der Waals surface area contributed by atoms with Gasteiger partial charge in [0.05, 0.1) is 15.9 Å². The van der Waals surface area contributed by atoms with Gasteiger partial charge in [0.25, 0.3) is 10.0 Å². The number of benzene rings is 3. The lowest BCUT2D eigenvalue weighted by Crippen LogP contribution is -2.32. The third-order valence-electron chi connectivity index (χ3n) is 4.83. The van der Waals surface area contributed by atoms with Crippen LogP contribution in [-0.4, -0.2) is 42.5 Å². The molecule has 0 radical (unpaired) electrons. The standard InChI is InChI=1S/C21H21N3O3S/c1-22(2)14-15-23-18-11-5-6-12-19(18)24(21(23)25)28(26,27)20-13-7-9-16-8-3-4-10-17(16)20/h3-13H,14-15H2,1-2H3. The highest BCUT2D eigenvalue weighted by Crippen LogP contribution is 2.26. The van der Waals surface area contributed by atoms with Gasteiger partial charge in [0.2, 0.25) is 0 Å². The first-order valence-electron chi connectivity index (χ1n) is 8.99. The Bertz CT molecular complexity index is 1330. The van der Waals surface area contributed by atoms with Gasteiger partial charge in [-0.25, -0.2) is 13.2 Å². The van der Waals surface area contributed by atoms with Gasteiger partial charge in [-0.05, 0) is 37.7 Å². The molecule has 0 amide bonds. The van der Waals surface area contributed by atoms with Crippen LogP contribution in [0.1, 0.15) is 0 Å². The molecule has 144 valence electrons. The minimum Gasteiger partial charge on any atom is -0.308 e. The van der Waals surface area contributed by atoms with E-state index in [1.54, 1.807) is 42.5 Å². The summed E-state index contributed by atoms with van der Waals surface area (Å²) in [5, 5.41) is 1.41. The molecule has 0 aliphatic rings. The van der Waals surface area contributed by atoms with Crippen LogP contribution in [0.2, 0.25) is 0 Å². The Morgan fingerprint density at radius 3 is 2.25 bits per heavy atom. The molecule has 0 aliphatic heterocycles. The van der Waals surface area contributed by atoms with E-state index in [2.05, 4.69) is 0 Å². The first kappa shape index (κ1) is 18.5. The molecule has 4 aromatic rings. The maximum atomic E-state index is 13.6. The maximum absolute atomic E-state index is 13.6. The summed E-state index contributed by atoms with van der Waals surface area (Å²) in [6.07, 6.45) is 0. The molecule has 0 atom stereocenters. The molecule has 0 saturated heterocycles. The lowest BCUT2D eigenvalue weighted by Gasteiger charge is -2.10. The Labute approximate surface area is 163 Å². The summed E-state index contributed by atoms with van der Waals surface area (Å²) in [5.41, 5.74) is 0.452. The molecular weight excluding hydrogens is 374 g/mol. The summed E-state index contributed by atoms with van der Waals surface area (Å²) in [5.74, 6) is 0. The molecule has 0 saturated carbocycles. The molecule has 1 aromatic heterocycles. The average molecular weight is 395 g/mol. The zero-order valence-corrected chi connectivity index (χ0v) is 16.6. The summed E-state index contributed by atoms with van der Waals surface area (Å²) in [6.45, 7) is 1.03. The van der Waals surface area contributed by atoms with Crippen molar-refractivity contribution in [3.63, 3.8) is 0 Å². The first-order valence-corrected chi connectivity index (χ1v) is 10.4. The van der Waals surface area contributed by atoms with Gasteiger partial charge in [0.1, 0.15) is 0 Å². The second-order valence-corrected chi connectivity index (χ2v) is 8.73. The number of aromatic nitrogens is 2. The second kappa shape index (κ2) is 6.92.